The van der Waals surface area contributed by atoms with E-state index >= 15 is 0 Å². The zero-order valence-corrected chi connectivity index (χ0v) is 12.4. The van der Waals surface area contributed by atoms with Gasteiger partial charge in [-0.15, -0.1) is 0 Å². The summed E-state index contributed by atoms with van der Waals surface area (Å²) in [6.07, 6.45) is 1.96. The smallest absolute Gasteiger partial charge is 0.243 e. The van der Waals surface area contributed by atoms with E-state index in [1.807, 2.05) is 13.8 Å². The Labute approximate surface area is 115 Å². The molecule has 0 heterocycles. The third kappa shape index (κ3) is 3.35. The van der Waals surface area contributed by atoms with Gasteiger partial charge in [-0.1, -0.05) is 26.0 Å². The fourth-order valence-corrected chi connectivity index (χ4v) is 3.95. The molecule has 0 spiro atoms. The van der Waals surface area contributed by atoms with Crippen LogP contribution in [0, 0.1) is 5.92 Å². The van der Waals surface area contributed by atoms with Crippen LogP contribution in [0.3, 0.4) is 0 Å². The van der Waals surface area contributed by atoms with E-state index < -0.39 is 10.0 Å². The summed E-state index contributed by atoms with van der Waals surface area (Å²) in [6.45, 7) is 5.11. The molecule has 0 bridgehead atoms. The van der Waals surface area contributed by atoms with Crippen LogP contribution in [0.5, 0.6) is 0 Å². The topological polar surface area (TPSA) is 63.4 Å². The van der Waals surface area contributed by atoms with Gasteiger partial charge in [-0.25, -0.2) is 8.42 Å². The molecular weight excluding hydrogens is 260 g/mol. The Morgan fingerprint density at radius 1 is 1.26 bits per heavy atom. The molecule has 1 aliphatic carbocycles. The quantitative estimate of drug-likeness (QED) is 0.867. The molecule has 5 heteroatoms. The van der Waals surface area contributed by atoms with Crippen LogP contribution in [0.15, 0.2) is 29.2 Å². The maximum absolute atomic E-state index is 12.6. The lowest BCUT2D eigenvalue weighted by atomic mass is 10.2. The summed E-state index contributed by atoms with van der Waals surface area (Å²) < 4.78 is 26.9. The molecule has 2 rings (SSSR count). The first-order valence-electron chi connectivity index (χ1n) is 6.76. The lowest BCUT2D eigenvalue weighted by Crippen LogP contribution is -2.36. The molecule has 0 aliphatic heterocycles. The van der Waals surface area contributed by atoms with Gasteiger partial charge in [0.2, 0.25) is 10.0 Å². The van der Waals surface area contributed by atoms with E-state index in [1.165, 1.54) is 0 Å². The molecule has 1 aliphatic rings. The maximum atomic E-state index is 12.6. The largest absolute Gasteiger partial charge is 0.326 e. The minimum absolute atomic E-state index is 0.196. The van der Waals surface area contributed by atoms with Gasteiger partial charge in [-0.2, -0.15) is 4.31 Å². The Kier molecular flexibility index (Phi) is 4.28. The number of hydrogen-bond donors (Lipinski definition) is 1. The van der Waals surface area contributed by atoms with Crippen LogP contribution in [-0.4, -0.2) is 25.3 Å². The summed E-state index contributed by atoms with van der Waals surface area (Å²) in [6, 6.07) is 7.09. The molecular formula is C14H22N2O2S. The average Bonchev–Trinajstić information content (AvgIpc) is 3.20. The Balaban J connectivity index is 2.27. The summed E-state index contributed by atoms with van der Waals surface area (Å²) in [5, 5.41) is 0. The van der Waals surface area contributed by atoms with E-state index in [4.69, 9.17) is 5.73 Å². The van der Waals surface area contributed by atoms with Crippen molar-refractivity contribution >= 4 is 10.0 Å². The first-order chi connectivity index (χ1) is 8.95. The van der Waals surface area contributed by atoms with E-state index in [-0.39, 0.29) is 6.04 Å². The molecule has 0 saturated heterocycles. The van der Waals surface area contributed by atoms with E-state index in [9.17, 15) is 8.42 Å². The summed E-state index contributed by atoms with van der Waals surface area (Å²) in [4.78, 5) is 0.372. The predicted molar refractivity (Wildman–Crippen MR) is 76.1 cm³/mol. The summed E-state index contributed by atoms with van der Waals surface area (Å²) in [5.74, 6) is 0.332. The molecule has 0 atom stereocenters. The molecule has 1 aromatic carbocycles. The van der Waals surface area contributed by atoms with Crippen molar-refractivity contribution in [3.05, 3.63) is 29.8 Å². The third-order valence-corrected chi connectivity index (χ3v) is 5.20. The van der Waals surface area contributed by atoms with Crippen molar-refractivity contribution in [2.24, 2.45) is 11.7 Å². The van der Waals surface area contributed by atoms with Crippen molar-refractivity contribution < 1.29 is 8.42 Å². The second kappa shape index (κ2) is 5.61. The van der Waals surface area contributed by atoms with Crippen LogP contribution in [-0.2, 0) is 16.6 Å². The molecule has 1 aromatic rings. The highest BCUT2D eigenvalue weighted by molar-refractivity contribution is 7.89. The predicted octanol–water partition coefficient (Wildman–Crippen LogP) is 1.95. The van der Waals surface area contributed by atoms with E-state index in [0.717, 1.165) is 18.4 Å². The molecule has 4 nitrogen and oxygen atoms in total. The highest BCUT2D eigenvalue weighted by atomic mass is 32.2. The molecule has 2 N–H and O–H groups in total. The van der Waals surface area contributed by atoms with Gasteiger partial charge in [0.15, 0.2) is 0 Å². The highest BCUT2D eigenvalue weighted by Crippen LogP contribution is 2.32. The van der Waals surface area contributed by atoms with Gasteiger partial charge in [0.05, 0.1) is 4.90 Å². The normalized spacial score (nSPS) is 16.3. The zero-order valence-electron chi connectivity index (χ0n) is 11.5. The number of rotatable bonds is 6. The van der Waals surface area contributed by atoms with Gasteiger partial charge in [0.25, 0.3) is 0 Å². The summed E-state index contributed by atoms with van der Waals surface area (Å²) in [5.41, 5.74) is 6.48. The fourth-order valence-electron chi connectivity index (χ4n) is 2.10. The number of sulfonamides is 1. The number of nitrogens with two attached hydrogens (primary N) is 1. The molecule has 1 fully saturated rings. The van der Waals surface area contributed by atoms with Crippen LogP contribution in [0.2, 0.25) is 0 Å². The molecule has 19 heavy (non-hydrogen) atoms. The van der Waals surface area contributed by atoms with Crippen LogP contribution in [0.25, 0.3) is 0 Å². The van der Waals surface area contributed by atoms with Crippen LogP contribution in [0.1, 0.15) is 32.3 Å². The van der Waals surface area contributed by atoms with Crippen LogP contribution >= 0.6 is 0 Å². The summed E-state index contributed by atoms with van der Waals surface area (Å²) >= 11 is 0. The van der Waals surface area contributed by atoms with Gasteiger partial charge in [-0.05, 0) is 36.5 Å². The molecule has 0 radical (unpaired) electrons. The lowest BCUT2D eigenvalue weighted by molar-refractivity contribution is 0.360. The Bertz CT molecular complexity index is 519. The second-order valence-corrected chi connectivity index (χ2v) is 7.44. The minimum atomic E-state index is -3.37. The van der Waals surface area contributed by atoms with Gasteiger partial charge in [0.1, 0.15) is 0 Å². The second-order valence-electron chi connectivity index (χ2n) is 5.55. The molecule has 106 valence electrons. The minimum Gasteiger partial charge on any atom is -0.326 e. The Hall–Kier alpha value is -0.910. The third-order valence-electron chi connectivity index (χ3n) is 3.26. The average molecular weight is 282 g/mol. The van der Waals surface area contributed by atoms with Crippen molar-refractivity contribution in [3.8, 4) is 0 Å². The van der Waals surface area contributed by atoms with Crippen LogP contribution < -0.4 is 5.73 Å². The highest BCUT2D eigenvalue weighted by Gasteiger charge is 2.38. The standard InChI is InChI=1S/C14H22N2O2S/c1-11(2)10-16(13-5-6-13)19(17,18)14-7-3-12(9-15)4-8-14/h3-4,7-8,11,13H,5-6,9-10,15H2,1-2H3. The van der Waals surface area contributed by atoms with Crippen molar-refractivity contribution in [2.75, 3.05) is 6.54 Å². The first-order valence-corrected chi connectivity index (χ1v) is 8.20. The van der Waals surface area contributed by atoms with E-state index in [0.29, 0.717) is 23.9 Å². The van der Waals surface area contributed by atoms with Crippen molar-refractivity contribution in [1.82, 2.24) is 4.31 Å². The Morgan fingerprint density at radius 2 is 1.84 bits per heavy atom. The summed E-state index contributed by atoms with van der Waals surface area (Å²) in [7, 11) is -3.37. The van der Waals surface area contributed by atoms with Crippen molar-refractivity contribution in [3.63, 3.8) is 0 Å². The van der Waals surface area contributed by atoms with Crippen molar-refractivity contribution in [2.45, 2.75) is 44.2 Å². The molecule has 0 aromatic heterocycles. The monoisotopic (exact) mass is 282 g/mol. The number of nitrogens with zero attached hydrogens (tertiary/aromatic N) is 1. The number of hydrogen-bond acceptors (Lipinski definition) is 3. The van der Waals surface area contributed by atoms with E-state index in [1.54, 1.807) is 28.6 Å². The molecule has 0 amide bonds. The molecule has 0 unspecified atom stereocenters. The fraction of sp³-hybridized carbons (Fsp3) is 0.571. The first kappa shape index (κ1) is 14.5. The van der Waals surface area contributed by atoms with Gasteiger partial charge in [0, 0.05) is 19.1 Å². The van der Waals surface area contributed by atoms with Crippen LogP contribution in [0.4, 0.5) is 0 Å². The van der Waals surface area contributed by atoms with Gasteiger partial charge < -0.3 is 5.73 Å². The number of benzene rings is 1. The maximum Gasteiger partial charge on any atom is 0.243 e. The lowest BCUT2D eigenvalue weighted by Gasteiger charge is -2.23. The Morgan fingerprint density at radius 3 is 2.26 bits per heavy atom. The zero-order chi connectivity index (χ0) is 14.0. The van der Waals surface area contributed by atoms with Gasteiger partial charge in [-0.3, -0.25) is 0 Å². The van der Waals surface area contributed by atoms with E-state index in [2.05, 4.69) is 0 Å². The SMILES string of the molecule is CC(C)CN(C1CC1)S(=O)(=O)c1ccc(CN)cc1. The molecule has 1 saturated carbocycles. The van der Waals surface area contributed by atoms with Crippen molar-refractivity contribution in [1.29, 1.82) is 0 Å². The van der Waals surface area contributed by atoms with Gasteiger partial charge >= 0.3 is 0 Å².